The summed E-state index contributed by atoms with van der Waals surface area (Å²) in [6.45, 7) is 9.07. The van der Waals surface area contributed by atoms with Crippen LogP contribution in [0.5, 0.6) is 0 Å². The number of piperidine rings is 1. The van der Waals surface area contributed by atoms with E-state index in [-0.39, 0.29) is 12.1 Å². The van der Waals surface area contributed by atoms with E-state index in [0.717, 1.165) is 23.7 Å². The summed E-state index contributed by atoms with van der Waals surface area (Å²) in [5.74, 6) is -0.530. The lowest BCUT2D eigenvalue weighted by Crippen LogP contribution is -2.42. The molecule has 1 atom stereocenters. The summed E-state index contributed by atoms with van der Waals surface area (Å²) in [6.07, 6.45) is 3.23. The van der Waals surface area contributed by atoms with E-state index in [1.54, 1.807) is 11.1 Å². The number of amides is 1. The Hall–Kier alpha value is -2.50. The van der Waals surface area contributed by atoms with Crippen LogP contribution in [0.2, 0.25) is 0 Å². The van der Waals surface area contributed by atoms with Crippen LogP contribution in [0.25, 0.3) is 10.9 Å². The fourth-order valence-corrected chi connectivity index (χ4v) is 3.83. The topological polar surface area (TPSA) is 71.8 Å². The minimum absolute atomic E-state index is 0.156. The number of aromatic carboxylic acids is 1. The van der Waals surface area contributed by atoms with Crippen molar-refractivity contribution >= 4 is 23.0 Å². The van der Waals surface area contributed by atoms with Gasteiger partial charge in [-0.05, 0) is 52.5 Å². The zero-order valence-corrected chi connectivity index (χ0v) is 16.4. The van der Waals surface area contributed by atoms with E-state index in [4.69, 9.17) is 4.74 Å². The zero-order valence-electron chi connectivity index (χ0n) is 16.4. The number of para-hydroxylation sites is 1. The van der Waals surface area contributed by atoms with Gasteiger partial charge in [-0.15, -0.1) is 0 Å². The number of rotatable bonds is 3. The van der Waals surface area contributed by atoms with E-state index in [1.165, 1.54) is 0 Å². The third-order valence-corrected chi connectivity index (χ3v) is 5.28. The number of likely N-dealkylation sites (tertiary alicyclic amines) is 1. The molecule has 1 saturated heterocycles. The van der Waals surface area contributed by atoms with Crippen molar-refractivity contribution in [2.24, 2.45) is 5.92 Å². The molecule has 1 aromatic heterocycles. The second-order valence-electron chi connectivity index (χ2n) is 8.32. The number of hydrogen-bond acceptors (Lipinski definition) is 3. The molecule has 1 unspecified atom stereocenters. The molecule has 0 saturated carbocycles. The number of carboxylic acid groups (broad SMARTS) is 1. The number of ether oxygens (including phenoxy) is 1. The number of carboxylic acids is 1. The van der Waals surface area contributed by atoms with E-state index >= 15 is 0 Å². The van der Waals surface area contributed by atoms with E-state index in [9.17, 15) is 14.7 Å². The normalized spacial score (nSPS) is 17.1. The van der Waals surface area contributed by atoms with Gasteiger partial charge >= 0.3 is 12.1 Å². The van der Waals surface area contributed by atoms with Crippen LogP contribution in [0, 0.1) is 5.92 Å². The van der Waals surface area contributed by atoms with Crippen LogP contribution in [0.4, 0.5) is 4.79 Å². The molecule has 0 radical (unpaired) electrons. The van der Waals surface area contributed by atoms with Gasteiger partial charge in [0.2, 0.25) is 0 Å². The largest absolute Gasteiger partial charge is 0.478 e. The minimum atomic E-state index is -0.906. The molecule has 27 heavy (non-hydrogen) atoms. The molecule has 1 aliphatic rings. The first kappa shape index (κ1) is 19.3. The first-order valence-corrected chi connectivity index (χ1v) is 9.48. The van der Waals surface area contributed by atoms with E-state index in [0.29, 0.717) is 24.6 Å². The van der Waals surface area contributed by atoms with Crippen molar-refractivity contribution in [3.63, 3.8) is 0 Å². The van der Waals surface area contributed by atoms with Gasteiger partial charge in [0.1, 0.15) is 5.60 Å². The van der Waals surface area contributed by atoms with Crippen LogP contribution < -0.4 is 0 Å². The Bertz CT molecular complexity index is 841. The van der Waals surface area contributed by atoms with Crippen LogP contribution in [0.1, 0.15) is 56.9 Å². The van der Waals surface area contributed by atoms with E-state index in [1.807, 2.05) is 45.0 Å². The highest BCUT2D eigenvalue weighted by Crippen LogP contribution is 2.33. The summed E-state index contributed by atoms with van der Waals surface area (Å²) >= 11 is 0. The first-order valence-electron chi connectivity index (χ1n) is 9.48. The van der Waals surface area contributed by atoms with Gasteiger partial charge in [-0.1, -0.05) is 18.2 Å². The highest BCUT2D eigenvalue weighted by atomic mass is 16.6. The number of aromatic nitrogens is 1. The molecule has 146 valence electrons. The van der Waals surface area contributed by atoms with Crippen molar-refractivity contribution in [1.29, 1.82) is 0 Å². The maximum absolute atomic E-state index is 12.2. The minimum Gasteiger partial charge on any atom is -0.478 e. The summed E-state index contributed by atoms with van der Waals surface area (Å²) in [6, 6.07) is 7.77. The molecule has 1 amide bonds. The molecular weight excluding hydrogens is 344 g/mol. The molecule has 6 heteroatoms. The molecule has 3 rings (SSSR count). The smallest absolute Gasteiger partial charge is 0.410 e. The quantitative estimate of drug-likeness (QED) is 0.858. The van der Waals surface area contributed by atoms with Gasteiger partial charge < -0.3 is 19.3 Å². The molecule has 1 aromatic carbocycles. The highest BCUT2D eigenvalue weighted by molar-refractivity contribution is 6.03. The van der Waals surface area contributed by atoms with Crippen molar-refractivity contribution in [2.75, 3.05) is 13.1 Å². The van der Waals surface area contributed by atoms with Crippen molar-refractivity contribution in [3.05, 3.63) is 36.0 Å². The molecule has 0 aliphatic carbocycles. The van der Waals surface area contributed by atoms with Gasteiger partial charge in [-0.2, -0.15) is 0 Å². The molecule has 6 nitrogen and oxygen atoms in total. The predicted molar refractivity (Wildman–Crippen MR) is 104 cm³/mol. The number of fused-ring (bicyclic) bond motifs is 1. The average Bonchev–Trinajstić information content (AvgIpc) is 3.00. The van der Waals surface area contributed by atoms with Crippen LogP contribution in [-0.4, -0.2) is 45.3 Å². The number of carbonyl (C=O) groups excluding carboxylic acids is 1. The third kappa shape index (κ3) is 4.10. The van der Waals surface area contributed by atoms with Crippen LogP contribution in [-0.2, 0) is 4.74 Å². The molecule has 1 aliphatic heterocycles. The summed E-state index contributed by atoms with van der Waals surface area (Å²) in [7, 11) is 0. The van der Waals surface area contributed by atoms with Crippen molar-refractivity contribution in [2.45, 2.75) is 52.2 Å². The Morgan fingerprint density at radius 2 is 1.81 bits per heavy atom. The third-order valence-electron chi connectivity index (χ3n) is 5.28. The van der Waals surface area contributed by atoms with E-state index in [2.05, 4.69) is 11.5 Å². The van der Waals surface area contributed by atoms with E-state index < -0.39 is 11.6 Å². The van der Waals surface area contributed by atoms with Gasteiger partial charge in [0, 0.05) is 36.2 Å². The van der Waals surface area contributed by atoms with Gasteiger partial charge in [-0.25, -0.2) is 9.59 Å². The molecule has 0 spiro atoms. The lowest BCUT2D eigenvalue weighted by atomic mass is 9.90. The predicted octanol–water partition coefficient (Wildman–Crippen LogP) is 4.55. The standard InChI is InChI=1S/C21H28N2O4/c1-14(15-9-11-22(12-10-15)20(26)27-21(2,3)4)23-13-17(19(24)25)16-7-5-6-8-18(16)23/h5-8,13-15H,9-12H2,1-4H3,(H,24,25). The Labute approximate surface area is 159 Å². The van der Waals surface area contributed by atoms with Crippen LogP contribution >= 0.6 is 0 Å². The van der Waals surface area contributed by atoms with Gasteiger partial charge in [0.15, 0.2) is 0 Å². The van der Waals surface area contributed by atoms with Crippen LogP contribution in [0.15, 0.2) is 30.5 Å². The second kappa shape index (κ2) is 7.25. The van der Waals surface area contributed by atoms with Gasteiger partial charge in [0.25, 0.3) is 0 Å². The summed E-state index contributed by atoms with van der Waals surface area (Å²) < 4.78 is 7.54. The van der Waals surface area contributed by atoms with Crippen LogP contribution in [0.3, 0.4) is 0 Å². The molecule has 2 heterocycles. The van der Waals surface area contributed by atoms with Crippen molar-refractivity contribution in [3.8, 4) is 0 Å². The molecule has 1 N–H and O–H groups in total. The Morgan fingerprint density at radius 1 is 1.19 bits per heavy atom. The fraction of sp³-hybridized carbons (Fsp3) is 0.524. The molecular formula is C21H28N2O4. The van der Waals surface area contributed by atoms with Crippen molar-refractivity contribution in [1.82, 2.24) is 9.47 Å². The number of nitrogens with zero attached hydrogens (tertiary/aromatic N) is 2. The average molecular weight is 372 g/mol. The Morgan fingerprint density at radius 3 is 2.41 bits per heavy atom. The van der Waals surface area contributed by atoms with Crippen molar-refractivity contribution < 1.29 is 19.4 Å². The summed E-state index contributed by atoms with van der Waals surface area (Å²) in [4.78, 5) is 25.6. The summed E-state index contributed by atoms with van der Waals surface area (Å²) in [5.41, 5.74) is 0.791. The van der Waals surface area contributed by atoms with Gasteiger partial charge in [0.05, 0.1) is 5.56 Å². The molecule has 0 bridgehead atoms. The summed E-state index contributed by atoms with van der Waals surface area (Å²) in [5, 5.41) is 10.3. The zero-order chi connectivity index (χ0) is 19.8. The second-order valence-corrected chi connectivity index (χ2v) is 8.32. The lowest BCUT2D eigenvalue weighted by molar-refractivity contribution is 0.0166. The number of carbonyl (C=O) groups is 2. The maximum atomic E-state index is 12.2. The van der Waals surface area contributed by atoms with Gasteiger partial charge in [-0.3, -0.25) is 0 Å². The number of hydrogen-bond donors (Lipinski definition) is 1. The highest BCUT2D eigenvalue weighted by Gasteiger charge is 2.30. The Kier molecular flexibility index (Phi) is 5.18. The maximum Gasteiger partial charge on any atom is 0.410 e. The molecule has 1 fully saturated rings. The first-order chi connectivity index (χ1) is 12.7. The lowest BCUT2D eigenvalue weighted by Gasteiger charge is -2.36. The Balaban J connectivity index is 1.73. The molecule has 2 aromatic rings. The monoisotopic (exact) mass is 372 g/mol. The number of benzene rings is 1. The SMILES string of the molecule is CC(C1CCN(C(=O)OC(C)(C)C)CC1)n1cc(C(=O)O)c2ccccc21. The fourth-order valence-electron chi connectivity index (χ4n) is 3.83.